The molecular weight excluding hydrogens is 461 g/mol. The number of halogens is 1. The first-order valence-corrected chi connectivity index (χ1v) is 9.48. The summed E-state index contributed by atoms with van der Waals surface area (Å²) < 4.78 is 22.6. The predicted octanol–water partition coefficient (Wildman–Crippen LogP) is 2.38. The Morgan fingerprint density at radius 2 is 2.04 bits per heavy atom. The van der Waals surface area contributed by atoms with Crippen LogP contribution in [0.2, 0.25) is 0 Å². The summed E-state index contributed by atoms with van der Waals surface area (Å²) in [6.45, 7) is 7.04. The molecule has 0 aliphatic carbocycles. The molecule has 150 valence electrons. The van der Waals surface area contributed by atoms with E-state index in [1.807, 2.05) is 18.2 Å². The highest BCUT2D eigenvalue weighted by Gasteiger charge is 2.32. The van der Waals surface area contributed by atoms with Gasteiger partial charge in [0.15, 0.2) is 17.5 Å². The van der Waals surface area contributed by atoms with Gasteiger partial charge in [0.1, 0.15) is 6.10 Å². The van der Waals surface area contributed by atoms with Crippen LogP contribution in [0.15, 0.2) is 23.2 Å². The maximum atomic E-state index is 5.95. The van der Waals surface area contributed by atoms with Crippen molar-refractivity contribution in [2.24, 2.45) is 4.99 Å². The molecule has 0 amide bonds. The van der Waals surface area contributed by atoms with Crippen molar-refractivity contribution in [3.63, 3.8) is 0 Å². The number of rotatable bonds is 4. The molecule has 3 aliphatic rings. The van der Waals surface area contributed by atoms with Gasteiger partial charge < -0.3 is 29.2 Å². The number of hydrogen-bond acceptors (Lipinski definition) is 5. The molecular formula is C19H28IN3O4. The lowest BCUT2D eigenvalue weighted by Gasteiger charge is -2.37. The third-order valence-corrected chi connectivity index (χ3v) is 4.96. The minimum atomic E-state index is 0. The van der Waals surface area contributed by atoms with Crippen molar-refractivity contribution in [2.45, 2.75) is 38.5 Å². The van der Waals surface area contributed by atoms with Gasteiger partial charge >= 0.3 is 0 Å². The van der Waals surface area contributed by atoms with Gasteiger partial charge in [0.25, 0.3) is 0 Å². The molecule has 0 aromatic heterocycles. The Labute approximate surface area is 177 Å². The minimum absolute atomic E-state index is 0. The zero-order chi connectivity index (χ0) is 17.8. The van der Waals surface area contributed by atoms with E-state index < -0.39 is 0 Å². The van der Waals surface area contributed by atoms with Crippen LogP contribution in [0.25, 0.3) is 0 Å². The summed E-state index contributed by atoms with van der Waals surface area (Å²) in [5.41, 5.74) is 1.11. The van der Waals surface area contributed by atoms with Crippen LogP contribution in [0.3, 0.4) is 0 Å². The van der Waals surface area contributed by atoms with E-state index in [1.165, 1.54) is 0 Å². The highest BCUT2D eigenvalue weighted by Crippen LogP contribution is 2.32. The van der Waals surface area contributed by atoms with Crippen LogP contribution >= 0.6 is 24.0 Å². The van der Waals surface area contributed by atoms with E-state index in [4.69, 9.17) is 23.9 Å². The fourth-order valence-corrected chi connectivity index (χ4v) is 3.62. The SMILES string of the molecule is CCNC(=NCc1ccc2c(c1)OCO2)N1CCOC(C2CCCO2)C1.I. The predicted molar refractivity (Wildman–Crippen MR) is 113 cm³/mol. The van der Waals surface area contributed by atoms with E-state index in [-0.39, 0.29) is 36.2 Å². The molecule has 0 spiro atoms. The zero-order valence-electron chi connectivity index (χ0n) is 15.7. The Balaban J connectivity index is 0.00000210. The number of nitrogens with zero attached hydrogens (tertiary/aromatic N) is 2. The van der Waals surface area contributed by atoms with Gasteiger partial charge in [0, 0.05) is 26.2 Å². The lowest BCUT2D eigenvalue weighted by Crippen LogP contribution is -2.53. The van der Waals surface area contributed by atoms with E-state index in [1.54, 1.807) is 0 Å². The average molecular weight is 489 g/mol. The molecule has 27 heavy (non-hydrogen) atoms. The molecule has 3 heterocycles. The van der Waals surface area contributed by atoms with E-state index in [9.17, 15) is 0 Å². The Bertz CT molecular complexity index is 652. The van der Waals surface area contributed by atoms with Gasteiger partial charge in [-0.15, -0.1) is 24.0 Å². The average Bonchev–Trinajstić information content (AvgIpc) is 3.36. The number of aliphatic imine (C=N–C) groups is 1. The molecule has 2 fully saturated rings. The summed E-state index contributed by atoms with van der Waals surface area (Å²) in [5.74, 6) is 2.53. The quantitative estimate of drug-likeness (QED) is 0.398. The van der Waals surface area contributed by atoms with Crippen molar-refractivity contribution in [3.8, 4) is 11.5 Å². The van der Waals surface area contributed by atoms with Gasteiger partial charge in [-0.1, -0.05) is 6.07 Å². The van der Waals surface area contributed by atoms with E-state index >= 15 is 0 Å². The van der Waals surface area contributed by atoms with Gasteiger partial charge in [-0.2, -0.15) is 0 Å². The summed E-state index contributed by atoms with van der Waals surface area (Å²) in [5, 5.41) is 3.41. The molecule has 2 saturated heterocycles. The monoisotopic (exact) mass is 489 g/mol. The van der Waals surface area contributed by atoms with Crippen LogP contribution in [0.4, 0.5) is 0 Å². The molecule has 7 nitrogen and oxygen atoms in total. The van der Waals surface area contributed by atoms with Gasteiger partial charge in [-0.3, -0.25) is 0 Å². The summed E-state index contributed by atoms with van der Waals surface area (Å²) in [6.07, 6.45) is 2.56. The first-order valence-electron chi connectivity index (χ1n) is 9.48. The summed E-state index contributed by atoms with van der Waals surface area (Å²) >= 11 is 0. The number of ether oxygens (including phenoxy) is 4. The smallest absolute Gasteiger partial charge is 0.231 e. The van der Waals surface area contributed by atoms with Gasteiger partial charge in [0.2, 0.25) is 6.79 Å². The first-order chi connectivity index (χ1) is 12.8. The van der Waals surface area contributed by atoms with Crippen LogP contribution in [-0.2, 0) is 16.0 Å². The van der Waals surface area contributed by atoms with E-state index in [0.29, 0.717) is 19.9 Å². The Morgan fingerprint density at radius 1 is 1.19 bits per heavy atom. The van der Waals surface area contributed by atoms with Crippen molar-refractivity contribution in [3.05, 3.63) is 23.8 Å². The molecule has 1 aromatic rings. The minimum Gasteiger partial charge on any atom is -0.454 e. The molecule has 2 unspecified atom stereocenters. The van der Waals surface area contributed by atoms with Crippen LogP contribution in [0, 0.1) is 0 Å². The lowest BCUT2D eigenvalue weighted by atomic mass is 10.1. The largest absolute Gasteiger partial charge is 0.454 e. The highest BCUT2D eigenvalue weighted by atomic mass is 127. The van der Waals surface area contributed by atoms with Gasteiger partial charge in [0.05, 0.1) is 19.3 Å². The maximum Gasteiger partial charge on any atom is 0.231 e. The Kier molecular flexibility index (Phi) is 7.42. The summed E-state index contributed by atoms with van der Waals surface area (Å²) in [4.78, 5) is 7.12. The fourth-order valence-electron chi connectivity index (χ4n) is 3.62. The number of morpholine rings is 1. The molecule has 4 rings (SSSR count). The molecule has 0 bridgehead atoms. The second-order valence-corrected chi connectivity index (χ2v) is 6.76. The molecule has 0 saturated carbocycles. The molecule has 2 atom stereocenters. The van der Waals surface area contributed by atoms with Crippen LogP contribution < -0.4 is 14.8 Å². The molecule has 1 aromatic carbocycles. The highest BCUT2D eigenvalue weighted by molar-refractivity contribution is 14.0. The van der Waals surface area contributed by atoms with Gasteiger partial charge in [-0.25, -0.2) is 4.99 Å². The Hall–Kier alpha value is -1.26. The van der Waals surface area contributed by atoms with Crippen LogP contribution in [0.1, 0.15) is 25.3 Å². The lowest BCUT2D eigenvalue weighted by molar-refractivity contribution is -0.0817. The summed E-state index contributed by atoms with van der Waals surface area (Å²) in [7, 11) is 0. The van der Waals surface area contributed by atoms with Crippen molar-refractivity contribution in [2.75, 3.05) is 39.6 Å². The number of nitrogens with one attached hydrogen (secondary N) is 1. The standard InChI is InChI=1S/C19H27N3O4.HI/c1-2-20-19(21-11-14-5-6-16-17(10-14)26-13-25-16)22-7-9-24-18(12-22)15-4-3-8-23-15;/h5-6,10,15,18H,2-4,7-9,11-13H2,1H3,(H,20,21);1H. The number of fused-ring (bicyclic) bond motifs is 1. The maximum absolute atomic E-state index is 5.95. The Morgan fingerprint density at radius 3 is 2.85 bits per heavy atom. The fraction of sp³-hybridized carbons (Fsp3) is 0.632. The summed E-state index contributed by atoms with van der Waals surface area (Å²) in [6, 6.07) is 5.99. The second kappa shape index (κ2) is 9.79. The second-order valence-electron chi connectivity index (χ2n) is 6.76. The van der Waals surface area contributed by atoms with E-state index in [2.05, 4.69) is 17.1 Å². The number of hydrogen-bond donors (Lipinski definition) is 1. The third-order valence-electron chi connectivity index (χ3n) is 4.96. The topological polar surface area (TPSA) is 64.6 Å². The molecule has 1 N–H and O–H groups in total. The number of benzene rings is 1. The van der Waals surface area contributed by atoms with Crippen molar-refractivity contribution >= 4 is 29.9 Å². The van der Waals surface area contributed by atoms with Gasteiger partial charge in [-0.05, 0) is 37.5 Å². The molecule has 8 heteroatoms. The molecule has 0 radical (unpaired) electrons. The van der Waals surface area contributed by atoms with E-state index in [0.717, 1.165) is 62.1 Å². The van der Waals surface area contributed by atoms with Crippen molar-refractivity contribution in [1.29, 1.82) is 0 Å². The zero-order valence-corrected chi connectivity index (χ0v) is 18.0. The number of guanidine groups is 1. The first kappa shape index (κ1) is 20.5. The molecule has 3 aliphatic heterocycles. The third kappa shape index (κ3) is 4.97. The van der Waals surface area contributed by atoms with Crippen LogP contribution in [-0.4, -0.2) is 62.7 Å². The normalized spacial score (nSPS) is 24.6. The van der Waals surface area contributed by atoms with Crippen molar-refractivity contribution in [1.82, 2.24) is 10.2 Å². The van der Waals surface area contributed by atoms with Crippen LogP contribution in [0.5, 0.6) is 11.5 Å². The van der Waals surface area contributed by atoms with Crippen molar-refractivity contribution < 1.29 is 18.9 Å².